The average molecular weight is 433 g/mol. The van der Waals surface area contributed by atoms with Crippen LogP contribution in [0.4, 0.5) is 14.5 Å². The molecule has 1 amide bonds. The van der Waals surface area contributed by atoms with E-state index < -0.39 is 11.6 Å². The Hall–Kier alpha value is -2.54. The molecular weight excluding hydrogens is 418 g/mol. The summed E-state index contributed by atoms with van der Waals surface area (Å²) in [6.45, 7) is 0.655. The minimum Gasteiger partial charge on any atom is -0.441 e. The van der Waals surface area contributed by atoms with Crippen LogP contribution in [0.3, 0.4) is 0 Å². The van der Waals surface area contributed by atoms with Gasteiger partial charge in [0.2, 0.25) is 5.91 Å². The number of nitrogens with zero attached hydrogens (tertiary/aromatic N) is 2. The molecule has 4 nitrogen and oxygen atoms in total. The fourth-order valence-electron chi connectivity index (χ4n) is 3.22. The summed E-state index contributed by atoms with van der Waals surface area (Å²) in [4.78, 5) is 18.5. The molecule has 0 N–H and O–H groups in total. The molecule has 1 aliphatic heterocycles. The number of carbonyl (C=O) groups is 1. The van der Waals surface area contributed by atoms with Gasteiger partial charge in [0.1, 0.15) is 11.6 Å². The SMILES string of the molecule is O=C(CCc1ncc(-c2ccc(F)cc2F)o1)N1CCc2cc(Br)ccc21. The summed E-state index contributed by atoms with van der Waals surface area (Å²) < 4.78 is 33.4. The first-order valence-electron chi connectivity index (χ1n) is 8.50. The second-order valence-electron chi connectivity index (χ2n) is 6.31. The van der Waals surface area contributed by atoms with Crippen LogP contribution in [0.5, 0.6) is 0 Å². The van der Waals surface area contributed by atoms with Gasteiger partial charge >= 0.3 is 0 Å². The van der Waals surface area contributed by atoms with Gasteiger partial charge in [-0.2, -0.15) is 0 Å². The van der Waals surface area contributed by atoms with Crippen LogP contribution >= 0.6 is 15.9 Å². The molecule has 0 spiro atoms. The van der Waals surface area contributed by atoms with Gasteiger partial charge in [-0.1, -0.05) is 15.9 Å². The average Bonchev–Trinajstić information content (AvgIpc) is 3.26. The van der Waals surface area contributed by atoms with Crippen LogP contribution in [-0.2, 0) is 17.6 Å². The number of carbonyl (C=O) groups excluding carboxylic acids is 1. The third kappa shape index (κ3) is 3.64. The van der Waals surface area contributed by atoms with E-state index in [9.17, 15) is 13.6 Å². The van der Waals surface area contributed by atoms with Crippen molar-refractivity contribution >= 4 is 27.5 Å². The molecule has 1 aliphatic rings. The topological polar surface area (TPSA) is 46.3 Å². The third-order valence-corrected chi connectivity index (χ3v) is 5.03. The number of rotatable bonds is 4. The summed E-state index contributed by atoms with van der Waals surface area (Å²) in [6, 6.07) is 9.14. The van der Waals surface area contributed by atoms with Crippen LogP contribution in [0, 0.1) is 11.6 Å². The van der Waals surface area contributed by atoms with Crippen LogP contribution in [0.2, 0.25) is 0 Å². The third-order valence-electron chi connectivity index (χ3n) is 4.54. The van der Waals surface area contributed by atoms with E-state index in [2.05, 4.69) is 20.9 Å². The zero-order valence-corrected chi connectivity index (χ0v) is 15.8. The van der Waals surface area contributed by atoms with Crippen molar-refractivity contribution in [2.24, 2.45) is 0 Å². The number of hydrogen-bond acceptors (Lipinski definition) is 3. The first-order valence-corrected chi connectivity index (χ1v) is 9.29. The Bertz CT molecular complexity index is 1020. The summed E-state index contributed by atoms with van der Waals surface area (Å²) >= 11 is 3.44. The predicted octanol–water partition coefficient (Wildman–Crippen LogP) is 4.90. The predicted molar refractivity (Wildman–Crippen MR) is 100 cm³/mol. The van der Waals surface area contributed by atoms with Gasteiger partial charge in [0.15, 0.2) is 11.7 Å². The van der Waals surface area contributed by atoms with E-state index in [0.29, 0.717) is 18.9 Å². The first kappa shape index (κ1) is 17.9. The Kier molecular flexibility index (Phi) is 4.78. The molecule has 0 saturated carbocycles. The molecule has 0 aliphatic carbocycles. The second-order valence-corrected chi connectivity index (χ2v) is 7.23. The lowest BCUT2D eigenvalue weighted by Gasteiger charge is -2.16. The summed E-state index contributed by atoms with van der Waals surface area (Å²) in [5.74, 6) is -0.819. The molecule has 0 fully saturated rings. The highest BCUT2D eigenvalue weighted by molar-refractivity contribution is 9.10. The van der Waals surface area contributed by atoms with Gasteiger partial charge in [-0.3, -0.25) is 4.79 Å². The molecule has 4 rings (SSSR count). The van der Waals surface area contributed by atoms with Crippen LogP contribution in [0.1, 0.15) is 17.9 Å². The Morgan fingerprint density at radius 2 is 2.07 bits per heavy atom. The molecule has 7 heteroatoms. The van der Waals surface area contributed by atoms with Crippen molar-refractivity contribution in [1.29, 1.82) is 0 Å². The van der Waals surface area contributed by atoms with Crippen molar-refractivity contribution in [2.75, 3.05) is 11.4 Å². The van der Waals surface area contributed by atoms with Crippen molar-refractivity contribution in [2.45, 2.75) is 19.3 Å². The van der Waals surface area contributed by atoms with Crippen molar-refractivity contribution in [1.82, 2.24) is 4.98 Å². The van der Waals surface area contributed by atoms with Gasteiger partial charge in [-0.15, -0.1) is 0 Å². The maximum Gasteiger partial charge on any atom is 0.227 e. The number of oxazole rings is 1. The normalized spacial score (nSPS) is 13.1. The molecule has 27 heavy (non-hydrogen) atoms. The number of amides is 1. The summed E-state index contributed by atoms with van der Waals surface area (Å²) in [6.07, 6.45) is 2.76. The molecule has 1 aromatic heterocycles. The summed E-state index contributed by atoms with van der Waals surface area (Å²) in [7, 11) is 0. The lowest BCUT2D eigenvalue weighted by molar-refractivity contribution is -0.118. The highest BCUT2D eigenvalue weighted by atomic mass is 79.9. The first-order chi connectivity index (χ1) is 13.0. The minimum absolute atomic E-state index is 0.0104. The van der Waals surface area contributed by atoms with Crippen molar-refractivity contribution in [3.63, 3.8) is 0 Å². The van der Waals surface area contributed by atoms with Crippen molar-refractivity contribution < 1.29 is 18.0 Å². The van der Waals surface area contributed by atoms with E-state index in [4.69, 9.17) is 4.42 Å². The van der Waals surface area contributed by atoms with Gasteiger partial charge in [-0.25, -0.2) is 13.8 Å². The number of halogens is 3. The highest BCUT2D eigenvalue weighted by Gasteiger charge is 2.24. The van der Waals surface area contributed by atoms with Crippen molar-refractivity contribution in [3.05, 3.63) is 70.2 Å². The Labute approximate surface area is 162 Å². The van der Waals surface area contributed by atoms with E-state index in [1.54, 1.807) is 4.90 Å². The zero-order chi connectivity index (χ0) is 19.0. The van der Waals surface area contributed by atoms with Gasteiger partial charge in [-0.05, 0) is 42.3 Å². The number of aryl methyl sites for hydroxylation is 1. The number of hydrogen-bond donors (Lipinski definition) is 0. The monoisotopic (exact) mass is 432 g/mol. The van der Waals surface area contributed by atoms with E-state index in [1.165, 1.54) is 12.3 Å². The maximum atomic E-state index is 13.8. The van der Waals surface area contributed by atoms with E-state index in [-0.39, 0.29) is 23.7 Å². The van der Waals surface area contributed by atoms with E-state index >= 15 is 0 Å². The van der Waals surface area contributed by atoms with Crippen LogP contribution in [-0.4, -0.2) is 17.4 Å². The zero-order valence-electron chi connectivity index (χ0n) is 14.2. The van der Waals surface area contributed by atoms with E-state index in [1.807, 2.05) is 18.2 Å². The minimum atomic E-state index is -0.714. The Morgan fingerprint density at radius 3 is 2.89 bits per heavy atom. The molecular formula is C20H15BrF2N2O2. The molecule has 0 atom stereocenters. The Balaban J connectivity index is 1.43. The number of anilines is 1. The largest absolute Gasteiger partial charge is 0.441 e. The lowest BCUT2D eigenvalue weighted by Crippen LogP contribution is -2.29. The van der Waals surface area contributed by atoms with Gasteiger partial charge < -0.3 is 9.32 Å². The van der Waals surface area contributed by atoms with E-state index in [0.717, 1.165) is 34.3 Å². The highest BCUT2D eigenvalue weighted by Crippen LogP contribution is 2.31. The number of benzene rings is 2. The van der Waals surface area contributed by atoms with Crippen LogP contribution in [0.25, 0.3) is 11.3 Å². The van der Waals surface area contributed by atoms with Gasteiger partial charge in [0.05, 0.1) is 11.8 Å². The molecule has 0 radical (unpaired) electrons. The fourth-order valence-corrected chi connectivity index (χ4v) is 3.63. The Morgan fingerprint density at radius 1 is 1.22 bits per heavy atom. The van der Waals surface area contributed by atoms with Gasteiger partial charge in [0.25, 0.3) is 0 Å². The molecule has 138 valence electrons. The molecule has 3 aromatic rings. The smallest absolute Gasteiger partial charge is 0.227 e. The van der Waals surface area contributed by atoms with Crippen LogP contribution in [0.15, 0.2) is 51.5 Å². The standard InChI is InChI=1S/C20H15BrF2N2O2/c21-13-1-4-17-12(9-13)7-8-25(17)20(26)6-5-19-24-11-18(27-19)15-3-2-14(22)10-16(15)23/h1-4,9-11H,5-8H2. The maximum absolute atomic E-state index is 13.8. The lowest BCUT2D eigenvalue weighted by atomic mass is 10.2. The summed E-state index contributed by atoms with van der Waals surface area (Å²) in [5.41, 5.74) is 2.22. The van der Waals surface area contributed by atoms with Crippen molar-refractivity contribution in [3.8, 4) is 11.3 Å². The molecule has 0 bridgehead atoms. The van der Waals surface area contributed by atoms with Gasteiger partial charge in [0, 0.05) is 35.6 Å². The molecule has 2 aromatic carbocycles. The summed E-state index contributed by atoms with van der Waals surface area (Å²) in [5, 5.41) is 0. The molecule has 0 saturated heterocycles. The second kappa shape index (κ2) is 7.23. The quantitative estimate of drug-likeness (QED) is 0.588. The van der Waals surface area contributed by atoms with Crippen LogP contribution < -0.4 is 4.90 Å². The molecule has 0 unspecified atom stereocenters. The fraction of sp³-hybridized carbons (Fsp3) is 0.200. The molecule has 2 heterocycles. The number of fused-ring (bicyclic) bond motifs is 1. The number of aromatic nitrogens is 1.